The van der Waals surface area contributed by atoms with Gasteiger partial charge in [-0.25, -0.2) is 0 Å². The third kappa shape index (κ3) is 4.02. The van der Waals surface area contributed by atoms with E-state index in [4.69, 9.17) is 0 Å². The summed E-state index contributed by atoms with van der Waals surface area (Å²) in [5.41, 5.74) is 15.4. The van der Waals surface area contributed by atoms with Crippen molar-refractivity contribution in [2.45, 2.75) is 5.41 Å². The fourth-order valence-electron chi connectivity index (χ4n) is 11.0. The van der Waals surface area contributed by atoms with Crippen LogP contribution in [0.15, 0.2) is 206 Å². The maximum atomic E-state index is 2.53. The van der Waals surface area contributed by atoms with Gasteiger partial charge in [0.05, 0.1) is 5.41 Å². The van der Waals surface area contributed by atoms with Crippen molar-refractivity contribution in [3.8, 4) is 44.5 Å². The number of benzene rings is 11. The Hall–Kier alpha value is -7.28. The Labute approximate surface area is 330 Å². The quantitative estimate of drug-likeness (QED) is 0.123. The van der Waals surface area contributed by atoms with Crippen LogP contribution in [-0.2, 0) is 5.41 Å². The SMILES string of the molecule is c1ccc2c(c1)-c1ccccc1C21c2ccc(-c3c4ccccc4cc4c3ccc3ccccc34)cc2-c2c1ccc1c(-c3cccc4ccccc34)cccc21. The van der Waals surface area contributed by atoms with Gasteiger partial charge in [-0.05, 0) is 133 Å². The van der Waals surface area contributed by atoms with Gasteiger partial charge < -0.3 is 0 Å². The average Bonchev–Trinajstić information content (AvgIpc) is 3.75. The van der Waals surface area contributed by atoms with Crippen LogP contribution in [0.5, 0.6) is 0 Å². The van der Waals surface area contributed by atoms with Crippen molar-refractivity contribution in [3.63, 3.8) is 0 Å². The second-order valence-corrected chi connectivity index (χ2v) is 15.9. The zero-order chi connectivity index (χ0) is 37.2. The lowest BCUT2D eigenvalue weighted by Crippen LogP contribution is -2.25. The van der Waals surface area contributed by atoms with Gasteiger partial charge in [-0.3, -0.25) is 0 Å². The lowest BCUT2D eigenvalue weighted by atomic mass is 9.70. The molecule has 0 radical (unpaired) electrons. The molecule has 11 aromatic carbocycles. The Balaban J connectivity index is 1.17. The first-order valence-corrected chi connectivity index (χ1v) is 20.0. The van der Waals surface area contributed by atoms with Crippen LogP contribution in [0.25, 0.3) is 98.4 Å². The van der Waals surface area contributed by atoms with Crippen molar-refractivity contribution in [1.29, 1.82) is 0 Å². The fourth-order valence-corrected chi connectivity index (χ4v) is 11.0. The number of hydrogen-bond acceptors (Lipinski definition) is 0. The molecule has 1 spiro atoms. The predicted octanol–water partition coefficient (Wildman–Crippen LogP) is 15.1. The maximum absolute atomic E-state index is 2.53. The molecule has 0 saturated heterocycles. The summed E-state index contributed by atoms with van der Waals surface area (Å²) in [7, 11) is 0. The summed E-state index contributed by atoms with van der Waals surface area (Å²) >= 11 is 0. The van der Waals surface area contributed by atoms with Gasteiger partial charge in [0, 0.05) is 0 Å². The maximum Gasteiger partial charge on any atom is 0.0725 e. The summed E-state index contributed by atoms with van der Waals surface area (Å²) in [4.78, 5) is 0. The van der Waals surface area contributed by atoms with Gasteiger partial charge in [0.1, 0.15) is 0 Å². The third-order valence-corrected chi connectivity index (χ3v) is 13.2. The highest BCUT2D eigenvalue weighted by molar-refractivity contribution is 6.21. The highest BCUT2D eigenvalue weighted by Gasteiger charge is 2.52. The number of rotatable bonds is 2. The second-order valence-electron chi connectivity index (χ2n) is 15.9. The predicted molar refractivity (Wildman–Crippen MR) is 241 cm³/mol. The zero-order valence-electron chi connectivity index (χ0n) is 31.1. The smallest absolute Gasteiger partial charge is 0.0619 e. The van der Waals surface area contributed by atoms with Crippen molar-refractivity contribution in [2.75, 3.05) is 0 Å². The first-order chi connectivity index (χ1) is 28.3. The van der Waals surface area contributed by atoms with Gasteiger partial charge in [-0.1, -0.05) is 194 Å². The summed E-state index contributed by atoms with van der Waals surface area (Å²) in [5.74, 6) is 0. The molecule has 0 nitrogen and oxygen atoms in total. The highest BCUT2D eigenvalue weighted by Crippen LogP contribution is 2.64. The summed E-state index contributed by atoms with van der Waals surface area (Å²) in [6.07, 6.45) is 0. The van der Waals surface area contributed by atoms with E-state index >= 15 is 0 Å². The minimum Gasteiger partial charge on any atom is -0.0619 e. The molecule has 2 aliphatic rings. The van der Waals surface area contributed by atoms with Crippen LogP contribution in [0.1, 0.15) is 22.3 Å². The Kier molecular flexibility index (Phi) is 6.19. The van der Waals surface area contributed by atoms with Gasteiger partial charge >= 0.3 is 0 Å². The second kappa shape index (κ2) is 11.4. The first-order valence-electron chi connectivity index (χ1n) is 20.0. The summed E-state index contributed by atoms with van der Waals surface area (Å²) in [6.45, 7) is 0. The van der Waals surface area contributed by atoms with E-state index in [2.05, 4.69) is 206 Å². The Bertz CT molecular complexity index is 3480. The highest BCUT2D eigenvalue weighted by atomic mass is 14.5. The topological polar surface area (TPSA) is 0 Å². The van der Waals surface area contributed by atoms with Gasteiger partial charge in [0.25, 0.3) is 0 Å². The van der Waals surface area contributed by atoms with Crippen molar-refractivity contribution in [3.05, 3.63) is 229 Å². The molecule has 0 heterocycles. The number of hydrogen-bond donors (Lipinski definition) is 0. The zero-order valence-corrected chi connectivity index (χ0v) is 31.1. The standard InChI is InChI=1S/C57H34/c1-4-17-39-35(13-1)16-11-22-42(39)43-23-12-24-47-44(43)30-32-54-56(47)50-34-38(28-31-53(50)57(54)51-25-9-7-20-45(51)46-21-8-10-26-52(46)57)55-41-19-6-3-15-37(41)33-49-40-18-5-2-14-36(40)27-29-48(49)55/h1-34H. The van der Waals surface area contributed by atoms with Crippen LogP contribution in [0.4, 0.5) is 0 Å². The molecule has 262 valence electrons. The van der Waals surface area contributed by atoms with Crippen LogP contribution < -0.4 is 0 Å². The van der Waals surface area contributed by atoms with Crippen LogP contribution >= 0.6 is 0 Å². The minimum absolute atomic E-state index is 0.433. The van der Waals surface area contributed by atoms with E-state index in [9.17, 15) is 0 Å². The molecule has 11 aromatic rings. The van der Waals surface area contributed by atoms with Crippen molar-refractivity contribution in [1.82, 2.24) is 0 Å². The summed E-state index contributed by atoms with van der Waals surface area (Å²) in [5, 5.41) is 12.8. The third-order valence-electron chi connectivity index (χ3n) is 13.2. The molecule has 0 aromatic heterocycles. The monoisotopic (exact) mass is 718 g/mol. The van der Waals surface area contributed by atoms with Crippen molar-refractivity contribution in [2.24, 2.45) is 0 Å². The lowest BCUT2D eigenvalue weighted by Gasteiger charge is -2.30. The molecule has 0 aliphatic heterocycles. The summed E-state index contributed by atoms with van der Waals surface area (Å²) < 4.78 is 0. The molecule has 2 aliphatic carbocycles. The van der Waals surface area contributed by atoms with E-state index in [0.29, 0.717) is 0 Å². The largest absolute Gasteiger partial charge is 0.0725 e. The minimum atomic E-state index is -0.433. The first kappa shape index (κ1) is 31.0. The fraction of sp³-hybridized carbons (Fsp3) is 0.0175. The molecule has 0 amide bonds. The Morgan fingerprint density at radius 1 is 0.228 bits per heavy atom. The molecular formula is C57H34. The molecule has 0 saturated carbocycles. The van der Waals surface area contributed by atoms with Crippen LogP contribution in [0, 0.1) is 0 Å². The van der Waals surface area contributed by atoms with E-state index in [1.54, 1.807) is 0 Å². The van der Waals surface area contributed by atoms with Gasteiger partial charge in [-0.15, -0.1) is 0 Å². The van der Waals surface area contributed by atoms with E-state index in [1.165, 1.54) is 121 Å². The van der Waals surface area contributed by atoms with Crippen LogP contribution in [0.2, 0.25) is 0 Å². The van der Waals surface area contributed by atoms with Crippen molar-refractivity contribution >= 4 is 53.9 Å². The Morgan fingerprint density at radius 2 is 0.737 bits per heavy atom. The molecular weight excluding hydrogens is 685 g/mol. The van der Waals surface area contributed by atoms with E-state index < -0.39 is 5.41 Å². The lowest BCUT2D eigenvalue weighted by molar-refractivity contribution is 0.794. The molecule has 57 heavy (non-hydrogen) atoms. The summed E-state index contributed by atoms with van der Waals surface area (Å²) in [6, 6.07) is 77.7. The van der Waals surface area contributed by atoms with E-state index in [-0.39, 0.29) is 0 Å². The van der Waals surface area contributed by atoms with Crippen molar-refractivity contribution < 1.29 is 0 Å². The molecule has 0 bridgehead atoms. The average molecular weight is 719 g/mol. The number of fused-ring (bicyclic) bond motifs is 17. The Morgan fingerprint density at radius 3 is 1.53 bits per heavy atom. The molecule has 13 rings (SSSR count). The molecule has 0 unspecified atom stereocenters. The molecule has 0 N–H and O–H groups in total. The molecule has 0 heteroatoms. The normalized spacial score (nSPS) is 13.4. The van der Waals surface area contributed by atoms with Gasteiger partial charge in [-0.2, -0.15) is 0 Å². The van der Waals surface area contributed by atoms with E-state index in [1.807, 2.05) is 0 Å². The van der Waals surface area contributed by atoms with Gasteiger partial charge in [0.2, 0.25) is 0 Å². The van der Waals surface area contributed by atoms with Crippen LogP contribution in [-0.4, -0.2) is 0 Å². The van der Waals surface area contributed by atoms with E-state index in [0.717, 1.165) is 0 Å². The molecule has 0 fully saturated rings. The molecule has 0 atom stereocenters. The van der Waals surface area contributed by atoms with Crippen LogP contribution in [0.3, 0.4) is 0 Å². The van der Waals surface area contributed by atoms with Gasteiger partial charge in [0.15, 0.2) is 0 Å².